The van der Waals surface area contributed by atoms with E-state index in [1.54, 1.807) is 27.3 Å². The fraction of sp³-hybridized carbons (Fsp3) is 0.441. The lowest BCUT2D eigenvalue weighted by Gasteiger charge is -2.20. The summed E-state index contributed by atoms with van der Waals surface area (Å²) in [6.45, 7) is 13.7. The number of carbonyl (C=O) groups is 2. The van der Waals surface area contributed by atoms with Crippen molar-refractivity contribution in [1.29, 1.82) is 0 Å². The maximum Gasteiger partial charge on any atom is 0.303 e. The monoisotopic (exact) mass is 633 g/mol. The van der Waals surface area contributed by atoms with E-state index < -0.39 is 40.9 Å². The number of methoxy groups -OCH3 is 1. The van der Waals surface area contributed by atoms with E-state index in [9.17, 15) is 27.6 Å². The molecule has 1 aromatic heterocycles. The third-order valence-electron chi connectivity index (χ3n) is 6.70. The number of ether oxygens (including phenoxy) is 1. The number of aliphatic carboxylic acids is 1. The molecule has 8 nitrogen and oxygen atoms in total. The van der Waals surface area contributed by atoms with Crippen molar-refractivity contribution in [1.82, 2.24) is 9.47 Å². The minimum Gasteiger partial charge on any atom is -0.497 e. The minimum atomic E-state index is -1.47. The first-order valence-corrected chi connectivity index (χ1v) is 14.5. The number of primary amides is 1. The molecule has 0 aliphatic carbocycles. The summed E-state index contributed by atoms with van der Waals surface area (Å²) in [6.07, 6.45) is 4.54. The zero-order valence-corrected chi connectivity index (χ0v) is 27.5. The predicted molar refractivity (Wildman–Crippen MR) is 172 cm³/mol. The predicted octanol–water partition coefficient (Wildman–Crippen LogP) is 6.29. The summed E-state index contributed by atoms with van der Waals surface area (Å²) in [7, 11) is 5.20. The Morgan fingerprint density at radius 3 is 2.13 bits per heavy atom. The molecule has 0 bridgehead atoms. The molecule has 11 heteroatoms. The number of hydrogen-bond acceptors (Lipinski definition) is 5. The normalized spacial score (nSPS) is 12.6. The van der Waals surface area contributed by atoms with Crippen LogP contribution in [-0.4, -0.2) is 54.2 Å². The Hall–Kier alpha value is -4.12. The molecule has 3 N–H and O–H groups in total. The lowest BCUT2D eigenvalue weighted by molar-refractivity contribution is -0.137. The third-order valence-corrected chi connectivity index (χ3v) is 6.70. The van der Waals surface area contributed by atoms with Crippen LogP contribution in [0.15, 0.2) is 53.3 Å². The van der Waals surface area contributed by atoms with Gasteiger partial charge in [0.05, 0.1) is 13.5 Å². The number of pyridine rings is 1. The number of amides is 1. The average Bonchev–Trinajstić information content (AvgIpc) is 2.92. The number of rotatable bonds is 14. The van der Waals surface area contributed by atoms with Gasteiger partial charge in [-0.25, -0.2) is 8.78 Å². The van der Waals surface area contributed by atoms with Crippen LogP contribution >= 0.6 is 0 Å². The van der Waals surface area contributed by atoms with E-state index >= 15 is 0 Å². The second kappa shape index (κ2) is 18.0. The molecule has 1 heterocycles. The second-order valence-corrected chi connectivity index (χ2v) is 11.7. The molecule has 248 valence electrons. The topological polar surface area (TPSA) is 115 Å². The molecular weight excluding hydrogens is 587 g/mol. The lowest BCUT2D eigenvalue weighted by Crippen LogP contribution is -2.37. The van der Waals surface area contributed by atoms with Gasteiger partial charge in [-0.05, 0) is 94.1 Å². The van der Waals surface area contributed by atoms with Crippen LogP contribution in [-0.2, 0) is 16.0 Å². The molecule has 0 fully saturated rings. The maximum absolute atomic E-state index is 14.1. The Morgan fingerprint density at radius 1 is 1.11 bits per heavy atom. The van der Waals surface area contributed by atoms with Gasteiger partial charge in [0, 0.05) is 24.7 Å². The van der Waals surface area contributed by atoms with Crippen molar-refractivity contribution in [2.75, 3.05) is 27.7 Å². The van der Waals surface area contributed by atoms with Gasteiger partial charge in [-0.15, -0.1) is 0 Å². The smallest absolute Gasteiger partial charge is 0.303 e. The molecule has 1 unspecified atom stereocenters. The highest BCUT2D eigenvalue weighted by atomic mass is 19.2. The largest absolute Gasteiger partial charge is 0.497 e. The first-order chi connectivity index (χ1) is 20.9. The van der Waals surface area contributed by atoms with Gasteiger partial charge in [-0.3, -0.25) is 14.4 Å². The fourth-order valence-electron chi connectivity index (χ4n) is 4.61. The Morgan fingerprint density at radius 2 is 1.69 bits per heavy atom. The van der Waals surface area contributed by atoms with Crippen molar-refractivity contribution in [2.24, 2.45) is 11.7 Å². The van der Waals surface area contributed by atoms with Crippen LogP contribution in [0.2, 0.25) is 0 Å². The van der Waals surface area contributed by atoms with E-state index in [1.165, 1.54) is 12.3 Å². The number of carbonyl (C=O) groups excluding carboxylic acids is 1. The number of aromatic nitrogens is 1. The molecule has 0 saturated carbocycles. The summed E-state index contributed by atoms with van der Waals surface area (Å²) in [5, 5.41) is 8.67. The molecule has 1 aromatic carbocycles. The SMILES string of the molecule is C=C(C)/C=C(\C=C(/F)CCC(=O)O)c1c(C)cc(OC)cc1C.CC(C)CC(C(N)=O)n1cc(CCN(C)C)c(F)c(F)c1=O. The van der Waals surface area contributed by atoms with Crippen LogP contribution in [0.5, 0.6) is 5.75 Å². The van der Waals surface area contributed by atoms with Crippen LogP contribution in [0.3, 0.4) is 0 Å². The number of halogens is 3. The van der Waals surface area contributed by atoms with E-state index in [2.05, 4.69) is 6.58 Å². The number of hydrogen-bond donors (Lipinski definition) is 2. The van der Waals surface area contributed by atoms with Gasteiger partial charge >= 0.3 is 5.97 Å². The van der Waals surface area contributed by atoms with E-state index in [1.807, 2.05) is 51.7 Å². The van der Waals surface area contributed by atoms with Crippen LogP contribution in [0.25, 0.3) is 5.57 Å². The molecule has 1 amide bonds. The van der Waals surface area contributed by atoms with Crippen molar-refractivity contribution in [3.05, 3.63) is 92.7 Å². The second-order valence-electron chi connectivity index (χ2n) is 11.7. The van der Waals surface area contributed by atoms with Gasteiger partial charge < -0.3 is 25.0 Å². The quantitative estimate of drug-likeness (QED) is 0.236. The Bertz CT molecular complexity index is 1470. The molecule has 2 aromatic rings. The molecule has 1 atom stereocenters. The summed E-state index contributed by atoms with van der Waals surface area (Å²) in [4.78, 5) is 35.9. The molecule has 0 radical (unpaired) electrons. The van der Waals surface area contributed by atoms with E-state index in [0.29, 0.717) is 12.1 Å². The number of nitrogens with two attached hydrogens (primary N) is 1. The molecular formula is C34H46F3N3O5. The van der Waals surface area contributed by atoms with Crippen LogP contribution < -0.4 is 16.0 Å². The number of likely N-dealkylation sites (N-methyl/N-ethyl adjacent to an activating group) is 1. The Kier molecular flexibility index (Phi) is 15.6. The highest BCUT2D eigenvalue weighted by molar-refractivity contribution is 5.80. The van der Waals surface area contributed by atoms with Gasteiger partial charge in [0.15, 0.2) is 5.82 Å². The number of aryl methyl sites for hydroxylation is 2. The zero-order valence-electron chi connectivity index (χ0n) is 27.5. The lowest BCUT2D eigenvalue weighted by atomic mass is 9.93. The van der Waals surface area contributed by atoms with Gasteiger partial charge in [-0.2, -0.15) is 4.39 Å². The van der Waals surface area contributed by atoms with Crippen LogP contribution in [0.1, 0.15) is 68.3 Å². The van der Waals surface area contributed by atoms with Crippen molar-refractivity contribution >= 4 is 17.4 Å². The Balaban J connectivity index is 0.000000450. The zero-order chi connectivity index (χ0) is 34.6. The van der Waals surface area contributed by atoms with Crippen molar-refractivity contribution in [2.45, 2.75) is 66.3 Å². The summed E-state index contributed by atoms with van der Waals surface area (Å²) >= 11 is 0. The van der Waals surface area contributed by atoms with Gasteiger partial charge in [0.25, 0.3) is 5.56 Å². The van der Waals surface area contributed by atoms with Crippen molar-refractivity contribution in [3.63, 3.8) is 0 Å². The van der Waals surface area contributed by atoms with Crippen molar-refractivity contribution < 1.29 is 32.6 Å². The molecule has 0 spiro atoms. The van der Waals surface area contributed by atoms with Crippen molar-refractivity contribution in [3.8, 4) is 5.75 Å². The number of carboxylic acid groups (broad SMARTS) is 1. The first kappa shape index (κ1) is 38.9. The van der Waals surface area contributed by atoms with E-state index in [4.69, 9.17) is 15.6 Å². The van der Waals surface area contributed by atoms with E-state index in [-0.39, 0.29) is 37.2 Å². The van der Waals surface area contributed by atoms with Gasteiger partial charge in [0.1, 0.15) is 17.6 Å². The molecule has 0 aliphatic heterocycles. The van der Waals surface area contributed by atoms with Gasteiger partial charge in [-0.1, -0.05) is 32.1 Å². The number of benzene rings is 1. The van der Waals surface area contributed by atoms with Crippen LogP contribution in [0.4, 0.5) is 13.2 Å². The summed E-state index contributed by atoms with van der Waals surface area (Å²) in [5.41, 5.74) is 8.50. The highest BCUT2D eigenvalue weighted by Crippen LogP contribution is 2.30. The van der Waals surface area contributed by atoms with E-state index in [0.717, 1.165) is 32.6 Å². The summed E-state index contributed by atoms with van der Waals surface area (Å²) < 4.78 is 48.0. The molecule has 45 heavy (non-hydrogen) atoms. The molecule has 0 saturated heterocycles. The first-order valence-electron chi connectivity index (χ1n) is 14.5. The minimum absolute atomic E-state index is 0.0563. The Labute approximate surface area is 263 Å². The molecule has 0 aliphatic rings. The third kappa shape index (κ3) is 12.4. The summed E-state index contributed by atoms with van der Waals surface area (Å²) in [5.74, 6) is -4.02. The fourth-order valence-corrected chi connectivity index (χ4v) is 4.61. The van der Waals surface area contributed by atoms with Gasteiger partial charge in [0.2, 0.25) is 11.7 Å². The molecule has 2 rings (SSSR count). The van der Waals surface area contributed by atoms with Crippen LogP contribution in [0, 0.1) is 31.4 Å². The average molecular weight is 634 g/mol. The number of carboxylic acids is 1. The standard InChI is InChI=1S/C19H23FO3.C15H23F2N3O2/c1-12(2)8-15(11-16(20)6-7-18(21)22)19-13(3)9-17(23-5)10-14(19)4;1-9(2)7-11(14(18)21)20-8-10(5-6-19(3)4)12(16)13(17)15(20)22/h8-11H,1,6-7H2,2-5H3,(H,21,22);8-9,11H,5-7H2,1-4H3,(H2,18,21)/b15-8+,16-11-;. The maximum atomic E-state index is 14.1. The highest BCUT2D eigenvalue weighted by Gasteiger charge is 2.25. The number of allylic oxidation sites excluding steroid dienone is 5. The number of nitrogens with zero attached hydrogens (tertiary/aromatic N) is 2. The summed E-state index contributed by atoms with van der Waals surface area (Å²) in [6, 6.07) is 2.79.